The standard InChI is InChI=1S/C23H19F3N4O6/c1-3-36-21(33)17-16-18(30(28-17)22(34)27-13-7-9-15(35-2)10-8-13)20(32)29(19(16)31)14-6-4-5-12(11-14)23(24,25)26/h4-11,16,18H,3H2,1-2H3,(H,27,34)/t16-,18+/m0/s1. The van der Waals surface area contributed by atoms with E-state index < -0.39 is 53.2 Å². The van der Waals surface area contributed by atoms with Gasteiger partial charge in [-0.25, -0.2) is 19.5 Å². The van der Waals surface area contributed by atoms with Gasteiger partial charge in [0.05, 0.1) is 25.0 Å². The predicted molar refractivity (Wildman–Crippen MR) is 119 cm³/mol. The first-order chi connectivity index (χ1) is 17.1. The lowest BCUT2D eigenvalue weighted by molar-refractivity contribution is -0.137. The van der Waals surface area contributed by atoms with Crippen LogP contribution >= 0.6 is 0 Å². The van der Waals surface area contributed by atoms with Crippen LogP contribution in [0.3, 0.4) is 0 Å². The molecular formula is C23H19F3N4O6. The Morgan fingerprint density at radius 3 is 2.39 bits per heavy atom. The van der Waals surface area contributed by atoms with Gasteiger partial charge in [0.25, 0.3) is 5.91 Å². The summed E-state index contributed by atoms with van der Waals surface area (Å²) in [5, 5.41) is 7.03. The van der Waals surface area contributed by atoms with Crippen LogP contribution in [0.5, 0.6) is 5.75 Å². The van der Waals surface area contributed by atoms with Gasteiger partial charge in [0, 0.05) is 5.69 Å². The average Bonchev–Trinajstić information content (AvgIpc) is 3.36. The number of amides is 4. The minimum absolute atomic E-state index is 0.0766. The molecule has 4 rings (SSSR count). The van der Waals surface area contributed by atoms with E-state index in [0.29, 0.717) is 27.4 Å². The SMILES string of the molecule is CCOC(=O)C1=NN(C(=O)Nc2ccc(OC)cc2)[C@H]2C(=O)N(c3cccc(C(F)(F)F)c3)C(=O)[C@@H]12. The lowest BCUT2D eigenvalue weighted by Crippen LogP contribution is -2.44. The lowest BCUT2D eigenvalue weighted by atomic mass is 9.98. The van der Waals surface area contributed by atoms with E-state index in [0.717, 1.165) is 18.2 Å². The van der Waals surface area contributed by atoms with Gasteiger partial charge >= 0.3 is 18.2 Å². The van der Waals surface area contributed by atoms with Crippen molar-refractivity contribution in [1.29, 1.82) is 0 Å². The average molecular weight is 504 g/mol. The van der Waals surface area contributed by atoms with Gasteiger partial charge in [-0.2, -0.15) is 18.3 Å². The van der Waals surface area contributed by atoms with E-state index in [1.165, 1.54) is 26.2 Å². The number of carbonyl (C=O) groups is 4. The molecule has 2 atom stereocenters. The van der Waals surface area contributed by atoms with Crippen molar-refractivity contribution in [1.82, 2.24) is 5.01 Å². The number of halogens is 3. The molecule has 0 radical (unpaired) electrons. The van der Waals surface area contributed by atoms with E-state index in [-0.39, 0.29) is 12.3 Å². The Hall–Kier alpha value is -4.42. The van der Waals surface area contributed by atoms with E-state index in [9.17, 15) is 32.3 Å². The van der Waals surface area contributed by atoms with Crippen molar-refractivity contribution in [3.05, 3.63) is 54.1 Å². The predicted octanol–water partition coefficient (Wildman–Crippen LogP) is 3.04. The number of ether oxygens (including phenoxy) is 2. The molecule has 0 spiro atoms. The molecule has 2 aromatic rings. The van der Waals surface area contributed by atoms with Gasteiger partial charge in [-0.15, -0.1) is 0 Å². The first kappa shape index (κ1) is 24.7. The van der Waals surface area contributed by atoms with E-state index in [1.807, 2.05) is 0 Å². The molecule has 10 nitrogen and oxygen atoms in total. The number of hydrogen-bond donors (Lipinski definition) is 1. The zero-order chi connectivity index (χ0) is 26.2. The minimum atomic E-state index is -4.72. The summed E-state index contributed by atoms with van der Waals surface area (Å²) >= 11 is 0. The number of alkyl halides is 3. The Kier molecular flexibility index (Phi) is 6.39. The first-order valence-electron chi connectivity index (χ1n) is 10.6. The van der Waals surface area contributed by atoms with Crippen LogP contribution in [-0.2, 0) is 25.3 Å². The monoisotopic (exact) mass is 504 g/mol. The molecule has 2 aromatic carbocycles. The summed E-state index contributed by atoms with van der Waals surface area (Å²) in [4.78, 5) is 52.6. The highest BCUT2D eigenvalue weighted by Gasteiger charge is 2.60. The number of imide groups is 1. The van der Waals surface area contributed by atoms with E-state index >= 15 is 0 Å². The van der Waals surface area contributed by atoms with Crippen molar-refractivity contribution >= 4 is 40.9 Å². The molecule has 1 saturated heterocycles. The maximum atomic E-state index is 13.3. The van der Waals surface area contributed by atoms with Crippen molar-refractivity contribution in [2.45, 2.75) is 19.1 Å². The molecule has 1 fully saturated rings. The Balaban J connectivity index is 1.69. The van der Waals surface area contributed by atoms with E-state index in [2.05, 4.69) is 10.4 Å². The number of fused-ring (bicyclic) bond motifs is 1. The fourth-order valence-corrected chi connectivity index (χ4v) is 3.89. The molecule has 4 amide bonds. The first-order valence-corrected chi connectivity index (χ1v) is 10.6. The molecule has 188 valence electrons. The highest BCUT2D eigenvalue weighted by Crippen LogP contribution is 2.38. The van der Waals surface area contributed by atoms with Crippen molar-refractivity contribution in [2.24, 2.45) is 11.0 Å². The molecule has 36 heavy (non-hydrogen) atoms. The third kappa shape index (κ3) is 4.34. The Morgan fingerprint density at radius 1 is 1.08 bits per heavy atom. The number of rotatable bonds is 5. The summed E-state index contributed by atoms with van der Waals surface area (Å²) in [6.07, 6.45) is -4.72. The number of benzene rings is 2. The maximum Gasteiger partial charge on any atom is 0.416 e. The number of nitrogens with zero attached hydrogens (tertiary/aromatic N) is 3. The zero-order valence-electron chi connectivity index (χ0n) is 18.9. The van der Waals surface area contributed by atoms with Gasteiger partial charge in [0.15, 0.2) is 11.8 Å². The number of nitrogens with one attached hydrogen (secondary N) is 1. The number of methoxy groups -OCH3 is 1. The number of carbonyl (C=O) groups excluding carboxylic acids is 4. The van der Waals surface area contributed by atoms with Crippen LogP contribution in [0.1, 0.15) is 12.5 Å². The van der Waals surface area contributed by atoms with Crippen LogP contribution in [0.2, 0.25) is 0 Å². The Morgan fingerprint density at radius 2 is 1.78 bits per heavy atom. The highest BCUT2D eigenvalue weighted by atomic mass is 19.4. The minimum Gasteiger partial charge on any atom is -0.497 e. The number of anilines is 2. The summed E-state index contributed by atoms with van der Waals surface area (Å²) in [6.45, 7) is 1.43. The van der Waals surface area contributed by atoms with Crippen LogP contribution in [-0.4, -0.2) is 54.3 Å². The third-order valence-electron chi connectivity index (χ3n) is 5.51. The quantitative estimate of drug-likeness (QED) is 0.494. The fourth-order valence-electron chi connectivity index (χ4n) is 3.89. The highest BCUT2D eigenvalue weighted by molar-refractivity contribution is 6.47. The van der Waals surface area contributed by atoms with Crippen LogP contribution in [0.4, 0.5) is 29.3 Å². The second kappa shape index (κ2) is 9.32. The van der Waals surface area contributed by atoms with Gasteiger partial charge in [0.2, 0.25) is 5.91 Å². The van der Waals surface area contributed by atoms with Crippen molar-refractivity contribution < 1.29 is 41.8 Å². The number of urea groups is 1. The summed E-state index contributed by atoms with van der Waals surface area (Å²) in [5.74, 6) is -4.08. The van der Waals surface area contributed by atoms with Gasteiger partial charge < -0.3 is 14.8 Å². The molecule has 1 N–H and O–H groups in total. The Bertz CT molecular complexity index is 1260. The van der Waals surface area contributed by atoms with E-state index in [1.54, 1.807) is 12.1 Å². The van der Waals surface area contributed by atoms with E-state index in [4.69, 9.17) is 9.47 Å². The van der Waals surface area contributed by atoms with Crippen LogP contribution in [0.15, 0.2) is 53.6 Å². The summed E-state index contributed by atoms with van der Waals surface area (Å²) in [5.41, 5.74) is -1.64. The molecule has 13 heteroatoms. The molecule has 2 aliphatic heterocycles. The van der Waals surface area contributed by atoms with Crippen molar-refractivity contribution in [3.63, 3.8) is 0 Å². The smallest absolute Gasteiger partial charge is 0.416 e. The van der Waals surface area contributed by atoms with Crippen LogP contribution in [0.25, 0.3) is 0 Å². The zero-order valence-corrected chi connectivity index (χ0v) is 18.9. The second-order valence-electron chi connectivity index (χ2n) is 7.69. The molecule has 2 heterocycles. The third-order valence-corrected chi connectivity index (χ3v) is 5.51. The molecular weight excluding hydrogens is 485 g/mol. The van der Waals surface area contributed by atoms with Gasteiger partial charge in [0.1, 0.15) is 11.7 Å². The van der Waals surface area contributed by atoms with Gasteiger partial charge in [-0.05, 0) is 49.4 Å². The van der Waals surface area contributed by atoms with Crippen molar-refractivity contribution in [3.8, 4) is 5.75 Å². The molecule has 0 saturated carbocycles. The summed E-state index contributed by atoms with van der Waals surface area (Å²) < 4.78 is 49.6. The fraction of sp³-hybridized carbons (Fsp3) is 0.261. The largest absolute Gasteiger partial charge is 0.497 e. The lowest BCUT2D eigenvalue weighted by Gasteiger charge is -2.21. The maximum absolute atomic E-state index is 13.3. The molecule has 0 aromatic heterocycles. The van der Waals surface area contributed by atoms with Gasteiger partial charge in [-0.1, -0.05) is 6.07 Å². The summed E-state index contributed by atoms with van der Waals surface area (Å²) in [6, 6.07) is 7.23. The Labute approximate surface area is 202 Å². The van der Waals surface area contributed by atoms with Crippen molar-refractivity contribution in [2.75, 3.05) is 23.9 Å². The molecule has 0 unspecified atom stereocenters. The van der Waals surface area contributed by atoms with Gasteiger partial charge in [-0.3, -0.25) is 9.59 Å². The molecule has 0 aliphatic carbocycles. The number of hydrogen-bond acceptors (Lipinski definition) is 7. The number of hydrazone groups is 1. The normalized spacial score (nSPS) is 19.2. The van der Waals surface area contributed by atoms with Crippen LogP contribution in [0, 0.1) is 5.92 Å². The number of esters is 1. The topological polar surface area (TPSA) is 118 Å². The van der Waals surface area contributed by atoms with Crippen LogP contribution < -0.4 is 15.0 Å². The molecule has 0 bridgehead atoms. The second-order valence-corrected chi connectivity index (χ2v) is 7.69. The summed E-state index contributed by atoms with van der Waals surface area (Å²) in [7, 11) is 1.46. The molecule has 2 aliphatic rings.